The summed E-state index contributed by atoms with van der Waals surface area (Å²) in [6.45, 7) is 2.52. The third kappa shape index (κ3) is 4.95. The van der Waals surface area contributed by atoms with E-state index in [1.165, 1.54) is 0 Å². The van der Waals surface area contributed by atoms with Crippen molar-refractivity contribution in [3.05, 3.63) is 71.3 Å². The van der Waals surface area contributed by atoms with Crippen molar-refractivity contribution >= 4 is 11.8 Å². The van der Waals surface area contributed by atoms with E-state index in [1.54, 1.807) is 19.2 Å². The van der Waals surface area contributed by atoms with Crippen LogP contribution in [0, 0.1) is 0 Å². The van der Waals surface area contributed by atoms with Crippen LogP contribution in [-0.4, -0.2) is 18.9 Å². The number of benzene rings is 2. The molecule has 2 aromatic carbocycles. The zero-order valence-corrected chi connectivity index (χ0v) is 13.5. The first kappa shape index (κ1) is 16.7. The van der Waals surface area contributed by atoms with Crippen LogP contribution < -0.4 is 10.6 Å². The normalized spacial score (nSPS) is 11.6. The van der Waals surface area contributed by atoms with Crippen LogP contribution in [-0.2, 0) is 11.3 Å². The van der Waals surface area contributed by atoms with Crippen molar-refractivity contribution in [2.45, 2.75) is 25.8 Å². The standard InChI is InChI=1S/C19H22N2O2/c1-14(16-6-4-3-5-7-16)12-18(22)21-13-15-8-10-17(11-9-15)19(23)20-2/h3-11,14H,12-13H2,1-2H3,(H,20,23)(H,21,22). The van der Waals surface area contributed by atoms with Crippen LogP contribution in [0.2, 0.25) is 0 Å². The molecule has 1 unspecified atom stereocenters. The lowest BCUT2D eigenvalue weighted by atomic mass is 9.97. The van der Waals surface area contributed by atoms with Gasteiger partial charge in [-0.1, -0.05) is 49.4 Å². The third-order valence-electron chi connectivity index (χ3n) is 3.79. The Morgan fingerprint density at radius 3 is 2.26 bits per heavy atom. The number of amides is 2. The minimum atomic E-state index is -0.114. The van der Waals surface area contributed by atoms with Crippen LogP contribution >= 0.6 is 0 Å². The summed E-state index contributed by atoms with van der Waals surface area (Å²) in [5.74, 6) is 0.0980. The smallest absolute Gasteiger partial charge is 0.251 e. The molecule has 0 aliphatic carbocycles. The van der Waals surface area contributed by atoms with E-state index >= 15 is 0 Å². The van der Waals surface area contributed by atoms with E-state index in [0.717, 1.165) is 11.1 Å². The zero-order valence-electron chi connectivity index (χ0n) is 13.5. The fraction of sp³-hybridized carbons (Fsp3) is 0.263. The van der Waals surface area contributed by atoms with E-state index in [2.05, 4.69) is 10.6 Å². The average Bonchev–Trinajstić information content (AvgIpc) is 2.60. The lowest BCUT2D eigenvalue weighted by Gasteiger charge is -2.12. The Bertz CT molecular complexity index is 651. The van der Waals surface area contributed by atoms with Crippen molar-refractivity contribution in [1.82, 2.24) is 10.6 Å². The van der Waals surface area contributed by atoms with Gasteiger partial charge in [-0.25, -0.2) is 0 Å². The molecule has 120 valence electrons. The topological polar surface area (TPSA) is 58.2 Å². The first-order valence-electron chi connectivity index (χ1n) is 7.73. The van der Waals surface area contributed by atoms with Gasteiger partial charge in [0.15, 0.2) is 0 Å². The van der Waals surface area contributed by atoms with Gasteiger partial charge >= 0.3 is 0 Å². The number of carbonyl (C=O) groups excluding carboxylic acids is 2. The van der Waals surface area contributed by atoms with Crippen LogP contribution in [0.25, 0.3) is 0 Å². The molecule has 0 bridgehead atoms. The molecule has 23 heavy (non-hydrogen) atoms. The molecule has 2 rings (SSSR count). The lowest BCUT2D eigenvalue weighted by Crippen LogP contribution is -2.24. The Kier molecular flexibility index (Phi) is 5.92. The van der Waals surface area contributed by atoms with Gasteiger partial charge in [0.2, 0.25) is 5.91 Å². The van der Waals surface area contributed by atoms with Crippen LogP contribution in [0.5, 0.6) is 0 Å². The molecule has 0 saturated carbocycles. The summed E-state index contributed by atoms with van der Waals surface area (Å²) in [6, 6.07) is 17.2. The lowest BCUT2D eigenvalue weighted by molar-refractivity contribution is -0.121. The number of nitrogens with one attached hydrogen (secondary N) is 2. The van der Waals surface area contributed by atoms with E-state index in [0.29, 0.717) is 18.5 Å². The molecule has 2 aromatic rings. The highest BCUT2D eigenvalue weighted by Gasteiger charge is 2.10. The summed E-state index contributed by atoms with van der Waals surface area (Å²) in [4.78, 5) is 23.5. The highest BCUT2D eigenvalue weighted by atomic mass is 16.2. The second kappa shape index (κ2) is 8.13. The quantitative estimate of drug-likeness (QED) is 0.862. The fourth-order valence-corrected chi connectivity index (χ4v) is 2.37. The maximum Gasteiger partial charge on any atom is 0.251 e. The molecule has 0 aliphatic heterocycles. The van der Waals surface area contributed by atoms with Gasteiger partial charge in [0, 0.05) is 25.6 Å². The van der Waals surface area contributed by atoms with Gasteiger partial charge in [0.05, 0.1) is 0 Å². The molecule has 0 heterocycles. The molecule has 1 atom stereocenters. The van der Waals surface area contributed by atoms with E-state index in [-0.39, 0.29) is 17.7 Å². The summed E-state index contributed by atoms with van der Waals surface area (Å²) in [5.41, 5.74) is 2.75. The van der Waals surface area contributed by atoms with Crippen LogP contribution in [0.15, 0.2) is 54.6 Å². The fourth-order valence-electron chi connectivity index (χ4n) is 2.37. The largest absolute Gasteiger partial charge is 0.355 e. The molecule has 0 saturated heterocycles. The third-order valence-corrected chi connectivity index (χ3v) is 3.79. The van der Waals surface area contributed by atoms with Crippen LogP contribution in [0.4, 0.5) is 0 Å². The minimum Gasteiger partial charge on any atom is -0.355 e. The molecular formula is C19H22N2O2. The average molecular weight is 310 g/mol. The predicted octanol–water partition coefficient (Wildman–Crippen LogP) is 2.86. The molecule has 4 heteroatoms. The Morgan fingerprint density at radius 2 is 1.65 bits per heavy atom. The van der Waals surface area contributed by atoms with Crippen molar-refractivity contribution in [3.8, 4) is 0 Å². The number of rotatable bonds is 6. The van der Waals surface area contributed by atoms with Crippen molar-refractivity contribution in [3.63, 3.8) is 0 Å². The Morgan fingerprint density at radius 1 is 1.00 bits per heavy atom. The van der Waals surface area contributed by atoms with Gasteiger partial charge in [-0.3, -0.25) is 9.59 Å². The van der Waals surface area contributed by atoms with Crippen molar-refractivity contribution in [2.75, 3.05) is 7.05 Å². The summed E-state index contributed by atoms with van der Waals surface area (Å²) < 4.78 is 0. The van der Waals surface area contributed by atoms with Crippen LogP contribution in [0.1, 0.15) is 40.7 Å². The molecule has 2 N–H and O–H groups in total. The maximum atomic E-state index is 12.0. The van der Waals surface area contributed by atoms with E-state index < -0.39 is 0 Å². The molecule has 2 amide bonds. The number of hydrogen-bond acceptors (Lipinski definition) is 2. The minimum absolute atomic E-state index is 0.0248. The Hall–Kier alpha value is -2.62. The first-order valence-corrected chi connectivity index (χ1v) is 7.73. The van der Waals surface area contributed by atoms with Crippen LogP contribution in [0.3, 0.4) is 0 Å². The van der Waals surface area contributed by atoms with Gasteiger partial charge in [0.25, 0.3) is 5.91 Å². The zero-order chi connectivity index (χ0) is 16.7. The van der Waals surface area contributed by atoms with E-state index in [9.17, 15) is 9.59 Å². The van der Waals surface area contributed by atoms with Gasteiger partial charge in [0.1, 0.15) is 0 Å². The monoisotopic (exact) mass is 310 g/mol. The molecular weight excluding hydrogens is 288 g/mol. The molecule has 4 nitrogen and oxygen atoms in total. The van der Waals surface area contributed by atoms with Gasteiger partial charge in [-0.15, -0.1) is 0 Å². The Balaban J connectivity index is 1.83. The second-order valence-corrected chi connectivity index (χ2v) is 5.57. The van der Waals surface area contributed by atoms with E-state index in [1.807, 2.05) is 49.4 Å². The second-order valence-electron chi connectivity index (χ2n) is 5.57. The molecule has 0 spiro atoms. The van der Waals surface area contributed by atoms with Gasteiger partial charge in [-0.2, -0.15) is 0 Å². The first-order chi connectivity index (χ1) is 11.1. The molecule has 0 aromatic heterocycles. The predicted molar refractivity (Wildman–Crippen MR) is 91.2 cm³/mol. The number of carbonyl (C=O) groups is 2. The summed E-state index contributed by atoms with van der Waals surface area (Å²) >= 11 is 0. The molecule has 0 aliphatic rings. The molecule has 0 fully saturated rings. The maximum absolute atomic E-state index is 12.0. The summed E-state index contributed by atoms with van der Waals surface area (Å²) in [6.07, 6.45) is 0.459. The van der Waals surface area contributed by atoms with Gasteiger partial charge in [-0.05, 0) is 29.2 Å². The SMILES string of the molecule is CNC(=O)c1ccc(CNC(=O)CC(C)c2ccccc2)cc1. The summed E-state index contributed by atoms with van der Waals surface area (Å²) in [7, 11) is 1.60. The summed E-state index contributed by atoms with van der Waals surface area (Å²) in [5, 5.41) is 5.50. The highest BCUT2D eigenvalue weighted by molar-refractivity contribution is 5.93. The molecule has 0 radical (unpaired) electrons. The number of hydrogen-bond donors (Lipinski definition) is 2. The van der Waals surface area contributed by atoms with Crippen molar-refractivity contribution in [1.29, 1.82) is 0 Å². The van der Waals surface area contributed by atoms with Crippen molar-refractivity contribution < 1.29 is 9.59 Å². The highest BCUT2D eigenvalue weighted by Crippen LogP contribution is 2.18. The van der Waals surface area contributed by atoms with E-state index in [4.69, 9.17) is 0 Å². The Labute approximate surface area is 136 Å². The van der Waals surface area contributed by atoms with Crippen molar-refractivity contribution in [2.24, 2.45) is 0 Å². The van der Waals surface area contributed by atoms with Gasteiger partial charge < -0.3 is 10.6 Å².